The van der Waals surface area contributed by atoms with Crippen LogP contribution in [0, 0.1) is 41.4 Å². The summed E-state index contributed by atoms with van der Waals surface area (Å²) in [6.07, 6.45) is -0.885. The number of hydrogen-bond donors (Lipinski definition) is 1. The number of hydrogen-bond acceptors (Lipinski definition) is 9. The first-order valence-corrected chi connectivity index (χ1v) is 12.1. The van der Waals surface area contributed by atoms with Gasteiger partial charge in [-0.2, -0.15) is 0 Å². The van der Waals surface area contributed by atoms with E-state index < -0.39 is 81.9 Å². The number of aliphatic hydroxyl groups excluding tert-OH is 1. The molecule has 0 amide bonds. The minimum absolute atomic E-state index is 0.0541. The molecule has 1 N–H and O–H groups in total. The molecular weight excluding hydrogens is 444 g/mol. The number of aliphatic hydroxyl groups is 1. The standard InChI is InChI=1S/C25H34O9/c1-10-20(29)22(6)15(8-31-13(4)26)17-19(28)18-16(9-32-14(5)27)23(7)21(30)11(2)25(18,34-23)12(3)24(10,17)33-22/h10-12,15-18,20,29H,8-9H2,1-7H3/t10-,11+,12+,15-,16+,17+,18-,20+,22+,23-,24-,25+/m0/s1. The summed E-state index contributed by atoms with van der Waals surface area (Å²) >= 11 is 0. The number of carbonyl (C=O) groups excluding carboxylic acids is 4. The first-order chi connectivity index (χ1) is 15.7. The van der Waals surface area contributed by atoms with Gasteiger partial charge < -0.3 is 24.1 Å². The summed E-state index contributed by atoms with van der Waals surface area (Å²) in [7, 11) is 0. The van der Waals surface area contributed by atoms with Crippen LogP contribution in [-0.2, 0) is 38.1 Å². The summed E-state index contributed by atoms with van der Waals surface area (Å²) in [6, 6.07) is 0. The van der Waals surface area contributed by atoms with Crippen LogP contribution in [0.25, 0.3) is 0 Å². The van der Waals surface area contributed by atoms with Crippen molar-refractivity contribution in [1.29, 1.82) is 0 Å². The van der Waals surface area contributed by atoms with Crippen LogP contribution in [0.15, 0.2) is 0 Å². The molecule has 5 aliphatic rings. The second kappa shape index (κ2) is 6.89. The average Bonchev–Trinajstić information content (AvgIpc) is 3.34. The van der Waals surface area contributed by atoms with Crippen molar-refractivity contribution in [2.45, 2.75) is 77.0 Å². The number of fused-ring (bicyclic) bond motifs is 2. The molecule has 0 radical (unpaired) electrons. The smallest absolute Gasteiger partial charge is 0.302 e. The SMILES string of the molecule is CC(=O)OC[C@@H]1[C@H]2C(=O)[C@H]3[C@H](COC(C)=O)[C@@]4(C)O[C@]3([C@@H](C)[C@@]23O[C@]1(C)C(=O)[C@H]3C)[C@@H](C)[C@H]4O. The van der Waals surface area contributed by atoms with Gasteiger partial charge in [-0.05, 0) is 13.8 Å². The highest BCUT2D eigenvalue weighted by molar-refractivity contribution is 6.00. The zero-order valence-corrected chi connectivity index (χ0v) is 20.7. The van der Waals surface area contributed by atoms with Crippen molar-refractivity contribution in [3.63, 3.8) is 0 Å². The van der Waals surface area contributed by atoms with Gasteiger partial charge in [0.05, 0.1) is 48.0 Å². The van der Waals surface area contributed by atoms with Crippen molar-refractivity contribution >= 4 is 23.5 Å². The summed E-state index contributed by atoms with van der Waals surface area (Å²) in [5.74, 6) is -5.14. The Morgan fingerprint density at radius 3 is 2.00 bits per heavy atom. The Morgan fingerprint density at radius 2 is 1.44 bits per heavy atom. The molecule has 4 aliphatic heterocycles. The molecular formula is C25H34O9. The van der Waals surface area contributed by atoms with E-state index >= 15 is 0 Å². The van der Waals surface area contributed by atoms with E-state index in [1.165, 1.54) is 13.8 Å². The predicted octanol–water partition coefficient (Wildman–Crippen LogP) is 1.08. The van der Waals surface area contributed by atoms with Crippen molar-refractivity contribution in [1.82, 2.24) is 0 Å². The van der Waals surface area contributed by atoms with Crippen LogP contribution in [0.5, 0.6) is 0 Å². The normalized spacial score (nSPS) is 54.7. The molecule has 0 aromatic heterocycles. The van der Waals surface area contributed by atoms with Gasteiger partial charge in [-0.25, -0.2) is 0 Å². The lowest BCUT2D eigenvalue weighted by atomic mass is 9.43. The van der Waals surface area contributed by atoms with Gasteiger partial charge in [-0.1, -0.05) is 20.8 Å². The lowest BCUT2D eigenvalue weighted by Crippen LogP contribution is -2.72. The molecule has 0 unspecified atom stereocenters. The van der Waals surface area contributed by atoms with E-state index in [9.17, 15) is 24.3 Å². The van der Waals surface area contributed by atoms with E-state index in [2.05, 4.69) is 0 Å². The maximum absolute atomic E-state index is 14.5. The topological polar surface area (TPSA) is 125 Å². The van der Waals surface area contributed by atoms with E-state index in [-0.39, 0.29) is 24.8 Å². The molecule has 0 aromatic rings. The van der Waals surface area contributed by atoms with E-state index in [4.69, 9.17) is 18.9 Å². The molecule has 5 fully saturated rings. The first-order valence-electron chi connectivity index (χ1n) is 12.1. The van der Waals surface area contributed by atoms with Crippen molar-refractivity contribution in [2.24, 2.45) is 41.4 Å². The molecule has 2 spiro atoms. The third-order valence-electron chi connectivity index (χ3n) is 10.2. The Balaban J connectivity index is 1.67. The van der Waals surface area contributed by atoms with Crippen molar-refractivity contribution in [3.8, 4) is 0 Å². The van der Waals surface area contributed by atoms with Gasteiger partial charge in [0.15, 0.2) is 5.78 Å². The number of ether oxygens (including phenoxy) is 4. The summed E-state index contributed by atoms with van der Waals surface area (Å²) in [5, 5.41) is 11.3. The summed E-state index contributed by atoms with van der Waals surface area (Å²) in [5.41, 5.74) is -4.59. The minimum Gasteiger partial charge on any atom is -0.465 e. The second-order valence-electron chi connectivity index (χ2n) is 11.4. The molecule has 4 saturated heterocycles. The minimum atomic E-state index is -1.27. The highest BCUT2D eigenvalue weighted by Gasteiger charge is 2.87. The summed E-state index contributed by atoms with van der Waals surface area (Å²) in [4.78, 5) is 51.2. The molecule has 4 bridgehead atoms. The maximum atomic E-state index is 14.5. The maximum Gasteiger partial charge on any atom is 0.302 e. The number of rotatable bonds is 4. The van der Waals surface area contributed by atoms with E-state index in [1.807, 2.05) is 13.8 Å². The molecule has 1 saturated carbocycles. The second-order valence-corrected chi connectivity index (χ2v) is 11.4. The van der Waals surface area contributed by atoms with Gasteiger partial charge in [0, 0.05) is 43.4 Å². The van der Waals surface area contributed by atoms with Crippen LogP contribution < -0.4 is 0 Å². The lowest BCUT2D eigenvalue weighted by molar-refractivity contribution is -0.210. The van der Waals surface area contributed by atoms with Crippen molar-refractivity contribution < 1.29 is 43.2 Å². The first kappa shape index (κ1) is 23.9. The molecule has 12 atom stereocenters. The largest absolute Gasteiger partial charge is 0.465 e. The fraction of sp³-hybridized carbons (Fsp3) is 0.840. The van der Waals surface area contributed by atoms with Crippen molar-refractivity contribution in [3.05, 3.63) is 0 Å². The Labute approximate surface area is 198 Å². The number of esters is 2. The Kier molecular flexibility index (Phi) is 4.84. The molecule has 9 heteroatoms. The molecule has 9 nitrogen and oxygen atoms in total. The van der Waals surface area contributed by atoms with Gasteiger partial charge in [0.25, 0.3) is 0 Å². The third kappa shape index (κ3) is 2.36. The summed E-state index contributed by atoms with van der Waals surface area (Å²) < 4.78 is 23.9. The Morgan fingerprint density at radius 1 is 0.912 bits per heavy atom. The fourth-order valence-electron chi connectivity index (χ4n) is 8.73. The van der Waals surface area contributed by atoms with E-state index in [1.54, 1.807) is 20.8 Å². The Bertz CT molecular complexity index is 993. The quantitative estimate of drug-likeness (QED) is 0.591. The molecule has 0 aromatic carbocycles. The third-order valence-corrected chi connectivity index (χ3v) is 10.2. The zero-order valence-electron chi connectivity index (χ0n) is 20.7. The van der Waals surface area contributed by atoms with Gasteiger partial charge >= 0.3 is 11.9 Å². The number of Topliss-reactive ketones (excluding diaryl/α,β-unsaturated/α-hetero) is 2. The van der Waals surface area contributed by atoms with Gasteiger partial charge in [-0.3, -0.25) is 19.2 Å². The zero-order chi connectivity index (χ0) is 25.2. The van der Waals surface area contributed by atoms with Crippen molar-refractivity contribution in [2.75, 3.05) is 13.2 Å². The van der Waals surface area contributed by atoms with Crippen LogP contribution in [-0.4, -0.2) is 70.3 Å². The van der Waals surface area contributed by atoms with Gasteiger partial charge in [0.1, 0.15) is 11.4 Å². The molecule has 1 aliphatic carbocycles. The Hall–Kier alpha value is -1.84. The average molecular weight is 479 g/mol. The van der Waals surface area contributed by atoms with Gasteiger partial charge in [0.2, 0.25) is 0 Å². The highest BCUT2D eigenvalue weighted by Crippen LogP contribution is 2.74. The number of carbonyl (C=O) groups is 4. The summed E-state index contributed by atoms with van der Waals surface area (Å²) in [6.45, 7) is 11.5. The molecule has 188 valence electrons. The number of ketones is 2. The molecule has 34 heavy (non-hydrogen) atoms. The lowest BCUT2D eigenvalue weighted by Gasteiger charge is -2.58. The van der Waals surface area contributed by atoms with Crippen LogP contribution in [0.3, 0.4) is 0 Å². The fourth-order valence-corrected chi connectivity index (χ4v) is 8.73. The van der Waals surface area contributed by atoms with Crippen LogP contribution in [0.1, 0.15) is 48.5 Å². The van der Waals surface area contributed by atoms with E-state index in [0.29, 0.717) is 0 Å². The van der Waals surface area contributed by atoms with E-state index in [0.717, 1.165) is 0 Å². The predicted molar refractivity (Wildman–Crippen MR) is 115 cm³/mol. The monoisotopic (exact) mass is 478 g/mol. The molecule has 5 rings (SSSR count). The molecule has 4 heterocycles. The van der Waals surface area contributed by atoms with Crippen LogP contribution in [0.2, 0.25) is 0 Å². The van der Waals surface area contributed by atoms with Gasteiger partial charge in [-0.15, -0.1) is 0 Å². The highest BCUT2D eigenvalue weighted by atomic mass is 16.6. The van der Waals surface area contributed by atoms with Crippen LogP contribution >= 0.6 is 0 Å². The van der Waals surface area contributed by atoms with Crippen LogP contribution in [0.4, 0.5) is 0 Å².